The van der Waals surface area contributed by atoms with Crippen LogP contribution in [0, 0.1) is 0 Å². The lowest BCUT2D eigenvalue weighted by Gasteiger charge is -2.09. The van der Waals surface area contributed by atoms with Crippen molar-refractivity contribution in [3.63, 3.8) is 0 Å². The van der Waals surface area contributed by atoms with E-state index in [0.717, 1.165) is 42.2 Å². The van der Waals surface area contributed by atoms with E-state index in [1.807, 2.05) is 24.3 Å². The molecule has 1 aliphatic heterocycles. The van der Waals surface area contributed by atoms with Crippen LogP contribution in [0.5, 0.6) is 5.75 Å². The smallest absolute Gasteiger partial charge is 0.263 e. The fourth-order valence-corrected chi connectivity index (χ4v) is 3.39. The second kappa shape index (κ2) is 7.57. The van der Waals surface area contributed by atoms with Crippen LogP contribution in [-0.2, 0) is 4.74 Å². The van der Waals surface area contributed by atoms with Crippen LogP contribution >= 0.6 is 11.3 Å². The molecule has 1 atom stereocenters. The monoisotopic (exact) mass is 332 g/mol. The Kier molecular flexibility index (Phi) is 5.25. The molecule has 0 spiro atoms. The zero-order valence-corrected chi connectivity index (χ0v) is 13.9. The van der Waals surface area contributed by atoms with Crippen molar-refractivity contribution >= 4 is 17.2 Å². The summed E-state index contributed by atoms with van der Waals surface area (Å²) < 4.78 is 10.7. The molecule has 5 nitrogen and oxygen atoms in total. The molecule has 1 amide bonds. The van der Waals surface area contributed by atoms with Gasteiger partial charge in [0.05, 0.1) is 19.4 Å². The highest BCUT2D eigenvalue weighted by atomic mass is 32.1. The third-order valence-electron chi connectivity index (χ3n) is 3.84. The van der Waals surface area contributed by atoms with Crippen molar-refractivity contribution in [3.05, 3.63) is 35.3 Å². The van der Waals surface area contributed by atoms with Crippen LogP contribution in [0.3, 0.4) is 0 Å². The number of thiazole rings is 1. The maximum absolute atomic E-state index is 12.2. The number of carbonyl (C=O) groups excluding carboxylic acids is 1. The highest BCUT2D eigenvalue weighted by Crippen LogP contribution is 2.26. The topological polar surface area (TPSA) is 60.5 Å². The van der Waals surface area contributed by atoms with Gasteiger partial charge in [-0.25, -0.2) is 4.98 Å². The minimum atomic E-state index is -0.0692. The lowest BCUT2D eigenvalue weighted by atomic mass is 10.2. The zero-order valence-electron chi connectivity index (χ0n) is 13.1. The van der Waals surface area contributed by atoms with Crippen molar-refractivity contribution in [2.24, 2.45) is 0 Å². The third-order valence-corrected chi connectivity index (χ3v) is 4.89. The lowest BCUT2D eigenvalue weighted by molar-refractivity contribution is 0.0910. The van der Waals surface area contributed by atoms with Crippen molar-refractivity contribution in [3.8, 4) is 16.3 Å². The fourth-order valence-electron chi connectivity index (χ4n) is 2.55. The Morgan fingerprint density at radius 3 is 2.96 bits per heavy atom. The summed E-state index contributed by atoms with van der Waals surface area (Å²) in [5, 5.41) is 3.77. The Hall–Kier alpha value is -1.92. The minimum Gasteiger partial charge on any atom is -0.497 e. The van der Waals surface area contributed by atoms with E-state index in [2.05, 4.69) is 10.3 Å². The number of nitrogens with zero attached hydrogens (tertiary/aromatic N) is 1. The molecule has 1 N–H and O–H groups in total. The van der Waals surface area contributed by atoms with Gasteiger partial charge in [0.15, 0.2) is 0 Å². The summed E-state index contributed by atoms with van der Waals surface area (Å²) in [7, 11) is 1.64. The van der Waals surface area contributed by atoms with E-state index in [4.69, 9.17) is 9.47 Å². The Balaban J connectivity index is 1.55. The molecule has 0 aliphatic carbocycles. The van der Waals surface area contributed by atoms with Crippen molar-refractivity contribution in [1.29, 1.82) is 0 Å². The molecule has 122 valence electrons. The molecule has 0 bridgehead atoms. The van der Waals surface area contributed by atoms with Crippen LogP contribution in [0.15, 0.2) is 30.5 Å². The van der Waals surface area contributed by atoms with Crippen LogP contribution in [0.2, 0.25) is 0 Å². The van der Waals surface area contributed by atoms with Gasteiger partial charge in [-0.05, 0) is 43.5 Å². The van der Waals surface area contributed by atoms with Gasteiger partial charge in [0.2, 0.25) is 0 Å². The van der Waals surface area contributed by atoms with Crippen molar-refractivity contribution in [2.75, 3.05) is 20.3 Å². The fraction of sp³-hybridized carbons (Fsp3) is 0.412. The van der Waals surface area contributed by atoms with Gasteiger partial charge in [-0.15, -0.1) is 11.3 Å². The average Bonchev–Trinajstić information content (AvgIpc) is 3.26. The predicted molar refractivity (Wildman–Crippen MR) is 90.0 cm³/mol. The maximum Gasteiger partial charge on any atom is 0.263 e. The van der Waals surface area contributed by atoms with Gasteiger partial charge in [-0.1, -0.05) is 0 Å². The van der Waals surface area contributed by atoms with Crippen molar-refractivity contribution < 1.29 is 14.3 Å². The first-order chi connectivity index (χ1) is 11.3. The molecular formula is C17H20N2O3S. The number of ether oxygens (including phenoxy) is 2. The first-order valence-corrected chi connectivity index (χ1v) is 8.58. The number of carbonyl (C=O) groups is 1. The molecule has 23 heavy (non-hydrogen) atoms. The largest absolute Gasteiger partial charge is 0.497 e. The molecule has 1 fully saturated rings. The lowest BCUT2D eigenvalue weighted by Crippen LogP contribution is -2.26. The predicted octanol–water partition coefficient (Wildman–Crippen LogP) is 3.12. The summed E-state index contributed by atoms with van der Waals surface area (Å²) in [6.07, 6.45) is 5.02. The number of methoxy groups -OCH3 is 1. The number of benzene rings is 1. The van der Waals surface area contributed by atoms with E-state index in [0.29, 0.717) is 17.5 Å². The van der Waals surface area contributed by atoms with E-state index < -0.39 is 0 Å². The highest BCUT2D eigenvalue weighted by Gasteiger charge is 2.16. The first kappa shape index (κ1) is 16.0. The molecule has 1 aromatic carbocycles. The Morgan fingerprint density at radius 1 is 1.43 bits per heavy atom. The Labute approximate surface area is 139 Å². The molecule has 0 radical (unpaired) electrons. The van der Waals surface area contributed by atoms with Crippen LogP contribution in [-0.4, -0.2) is 37.3 Å². The van der Waals surface area contributed by atoms with E-state index in [-0.39, 0.29) is 5.91 Å². The average molecular weight is 332 g/mol. The van der Waals surface area contributed by atoms with Crippen LogP contribution < -0.4 is 10.1 Å². The molecule has 2 aromatic rings. The summed E-state index contributed by atoms with van der Waals surface area (Å²) in [6.45, 7) is 1.48. The number of hydrogen-bond donors (Lipinski definition) is 1. The second-order valence-electron chi connectivity index (χ2n) is 5.44. The van der Waals surface area contributed by atoms with E-state index in [9.17, 15) is 4.79 Å². The Morgan fingerprint density at radius 2 is 2.26 bits per heavy atom. The first-order valence-electron chi connectivity index (χ1n) is 7.76. The number of hydrogen-bond acceptors (Lipinski definition) is 5. The standard InChI is InChI=1S/C17H20N2O3S/c1-21-13-6-4-12(5-7-13)17-19-11-15(23-17)16(20)18-9-8-14-3-2-10-22-14/h4-7,11,14H,2-3,8-10H2,1H3,(H,18,20)/t14-/m1/s1. The maximum atomic E-state index is 12.2. The summed E-state index contributed by atoms with van der Waals surface area (Å²) in [4.78, 5) is 17.1. The summed E-state index contributed by atoms with van der Waals surface area (Å²) in [5.74, 6) is 0.734. The number of aromatic nitrogens is 1. The quantitative estimate of drug-likeness (QED) is 0.883. The molecule has 3 rings (SSSR count). The SMILES string of the molecule is COc1ccc(-c2ncc(C(=O)NCC[C@H]3CCCO3)s2)cc1. The molecule has 2 heterocycles. The normalized spacial score (nSPS) is 17.2. The molecule has 1 saturated heterocycles. The van der Waals surface area contributed by atoms with Crippen LogP contribution in [0.25, 0.3) is 10.6 Å². The number of nitrogens with one attached hydrogen (secondary N) is 1. The van der Waals surface area contributed by atoms with Gasteiger partial charge in [0.1, 0.15) is 15.6 Å². The van der Waals surface area contributed by atoms with Crippen molar-refractivity contribution in [1.82, 2.24) is 10.3 Å². The number of rotatable bonds is 6. The summed E-state index contributed by atoms with van der Waals surface area (Å²) >= 11 is 1.40. The van der Waals surface area contributed by atoms with E-state index in [1.54, 1.807) is 13.3 Å². The molecule has 6 heteroatoms. The van der Waals surface area contributed by atoms with E-state index >= 15 is 0 Å². The molecule has 0 saturated carbocycles. The van der Waals surface area contributed by atoms with Gasteiger partial charge >= 0.3 is 0 Å². The van der Waals surface area contributed by atoms with Gasteiger partial charge in [-0.2, -0.15) is 0 Å². The molecule has 1 aromatic heterocycles. The van der Waals surface area contributed by atoms with Crippen LogP contribution in [0.1, 0.15) is 28.9 Å². The zero-order chi connectivity index (χ0) is 16.1. The summed E-state index contributed by atoms with van der Waals surface area (Å²) in [6, 6.07) is 7.66. The van der Waals surface area contributed by atoms with E-state index in [1.165, 1.54) is 11.3 Å². The second-order valence-corrected chi connectivity index (χ2v) is 6.47. The Bertz CT molecular complexity index is 648. The third kappa shape index (κ3) is 4.09. The summed E-state index contributed by atoms with van der Waals surface area (Å²) in [5.41, 5.74) is 0.981. The van der Waals surface area contributed by atoms with Crippen molar-refractivity contribution in [2.45, 2.75) is 25.4 Å². The number of amides is 1. The van der Waals surface area contributed by atoms with Gasteiger partial charge < -0.3 is 14.8 Å². The minimum absolute atomic E-state index is 0.0692. The van der Waals surface area contributed by atoms with Gasteiger partial charge in [-0.3, -0.25) is 4.79 Å². The molecule has 1 aliphatic rings. The van der Waals surface area contributed by atoms with Gasteiger partial charge in [0, 0.05) is 18.7 Å². The highest BCUT2D eigenvalue weighted by molar-refractivity contribution is 7.16. The molecule has 0 unspecified atom stereocenters. The van der Waals surface area contributed by atoms with Crippen LogP contribution in [0.4, 0.5) is 0 Å². The van der Waals surface area contributed by atoms with Gasteiger partial charge in [0.25, 0.3) is 5.91 Å². The molecular weight excluding hydrogens is 312 g/mol.